The molecule has 0 saturated heterocycles. The number of nitrogens with zero attached hydrogens (tertiary/aromatic N) is 2. The van der Waals surface area contributed by atoms with Gasteiger partial charge in [-0.1, -0.05) is 24.0 Å². The molecule has 0 unspecified atom stereocenters. The fourth-order valence-corrected chi connectivity index (χ4v) is 2.66. The quantitative estimate of drug-likeness (QED) is 0.632. The number of hydrogen-bond donors (Lipinski definition) is 1. The van der Waals surface area contributed by atoms with Crippen molar-refractivity contribution in [2.45, 2.75) is 13.5 Å². The second kappa shape index (κ2) is 7.64. The number of carbonyl (C=O) groups is 2. The van der Waals surface area contributed by atoms with Crippen LogP contribution in [0.15, 0.2) is 35.8 Å². The molecule has 0 spiro atoms. The summed E-state index contributed by atoms with van der Waals surface area (Å²) in [6, 6.07) is 2.05. The van der Waals surface area contributed by atoms with Gasteiger partial charge in [-0.05, 0) is 13.0 Å². The highest BCUT2D eigenvalue weighted by Crippen LogP contribution is 2.23. The molecule has 2 heterocycles. The van der Waals surface area contributed by atoms with Crippen LogP contribution < -0.4 is 10.9 Å². The Morgan fingerprint density at radius 3 is 2.96 bits per heavy atom. The van der Waals surface area contributed by atoms with Crippen LogP contribution in [0.25, 0.3) is 0 Å². The van der Waals surface area contributed by atoms with E-state index in [1.165, 1.54) is 6.08 Å². The summed E-state index contributed by atoms with van der Waals surface area (Å²) in [6.45, 7) is 4.75. The highest BCUT2D eigenvalue weighted by molar-refractivity contribution is 7.17. The standard InChI is InChI=1S/C15H14FN3O4S/c1-3-6-23-14(22)13-9(2)17-15(24-13)18-11(20)8-19-7-10(16)4-5-12(19)21/h3-5,7H,1,6,8H2,2H3,(H,17,18,20). The third kappa shape index (κ3) is 4.35. The van der Waals surface area contributed by atoms with Gasteiger partial charge in [0, 0.05) is 12.3 Å². The van der Waals surface area contributed by atoms with Gasteiger partial charge in [-0.3, -0.25) is 9.59 Å². The minimum absolute atomic E-state index is 0.0698. The van der Waals surface area contributed by atoms with Crippen LogP contribution in [0.1, 0.15) is 15.4 Å². The smallest absolute Gasteiger partial charge is 0.350 e. The van der Waals surface area contributed by atoms with Crippen molar-refractivity contribution in [1.29, 1.82) is 0 Å². The lowest BCUT2D eigenvalue weighted by Crippen LogP contribution is -2.27. The molecule has 0 aromatic carbocycles. The molecule has 0 aliphatic rings. The number of aromatic nitrogens is 2. The zero-order valence-corrected chi connectivity index (χ0v) is 13.6. The first kappa shape index (κ1) is 17.5. The minimum atomic E-state index is -0.625. The number of halogens is 1. The van der Waals surface area contributed by atoms with Crippen molar-refractivity contribution in [3.8, 4) is 0 Å². The van der Waals surface area contributed by atoms with Gasteiger partial charge < -0.3 is 14.6 Å². The number of anilines is 1. The summed E-state index contributed by atoms with van der Waals surface area (Å²) in [5.41, 5.74) is -0.0946. The third-order valence-corrected chi connectivity index (χ3v) is 3.87. The lowest BCUT2D eigenvalue weighted by molar-refractivity contribution is -0.116. The largest absolute Gasteiger partial charge is 0.457 e. The van der Waals surface area contributed by atoms with Gasteiger partial charge in [0.2, 0.25) is 5.91 Å². The number of esters is 1. The van der Waals surface area contributed by atoms with Gasteiger partial charge in [-0.15, -0.1) is 0 Å². The number of ether oxygens (including phenoxy) is 1. The van der Waals surface area contributed by atoms with E-state index in [0.717, 1.165) is 34.2 Å². The minimum Gasteiger partial charge on any atom is -0.457 e. The third-order valence-electron chi connectivity index (χ3n) is 2.82. The summed E-state index contributed by atoms with van der Waals surface area (Å²) in [4.78, 5) is 39.6. The van der Waals surface area contributed by atoms with Crippen LogP contribution in [-0.4, -0.2) is 28.0 Å². The molecule has 2 aromatic heterocycles. The zero-order chi connectivity index (χ0) is 17.7. The second-order valence-electron chi connectivity index (χ2n) is 4.68. The fourth-order valence-electron chi connectivity index (χ4n) is 1.78. The highest BCUT2D eigenvalue weighted by Gasteiger charge is 2.17. The van der Waals surface area contributed by atoms with Gasteiger partial charge in [-0.25, -0.2) is 14.2 Å². The Morgan fingerprint density at radius 2 is 2.25 bits per heavy atom. The van der Waals surface area contributed by atoms with Crippen molar-refractivity contribution in [3.63, 3.8) is 0 Å². The molecular weight excluding hydrogens is 337 g/mol. The van der Waals surface area contributed by atoms with Crippen molar-refractivity contribution in [2.75, 3.05) is 11.9 Å². The summed E-state index contributed by atoms with van der Waals surface area (Å²) in [7, 11) is 0. The van der Waals surface area contributed by atoms with Crippen LogP contribution >= 0.6 is 11.3 Å². The van der Waals surface area contributed by atoms with E-state index in [4.69, 9.17) is 4.74 Å². The lowest BCUT2D eigenvalue weighted by atomic mass is 10.4. The molecule has 1 amide bonds. The van der Waals surface area contributed by atoms with Gasteiger partial charge in [0.25, 0.3) is 5.56 Å². The van der Waals surface area contributed by atoms with Gasteiger partial charge in [0.15, 0.2) is 5.13 Å². The van der Waals surface area contributed by atoms with Crippen LogP contribution in [0.3, 0.4) is 0 Å². The number of pyridine rings is 1. The maximum Gasteiger partial charge on any atom is 0.350 e. The first-order valence-electron chi connectivity index (χ1n) is 6.82. The van der Waals surface area contributed by atoms with Crippen LogP contribution in [0, 0.1) is 12.7 Å². The van der Waals surface area contributed by atoms with Crippen LogP contribution in [0.4, 0.5) is 9.52 Å². The highest BCUT2D eigenvalue weighted by atomic mass is 32.1. The molecule has 7 nitrogen and oxygen atoms in total. The molecule has 2 rings (SSSR count). The number of aryl methyl sites for hydroxylation is 1. The molecule has 0 atom stereocenters. The molecule has 0 radical (unpaired) electrons. The number of thiazole rings is 1. The Bertz CT molecular complexity index is 843. The number of carbonyl (C=O) groups excluding carboxylic acids is 2. The number of rotatable bonds is 6. The Kier molecular flexibility index (Phi) is 5.59. The Morgan fingerprint density at radius 1 is 1.50 bits per heavy atom. The van der Waals surface area contributed by atoms with Gasteiger partial charge >= 0.3 is 5.97 Å². The van der Waals surface area contributed by atoms with Crippen LogP contribution in [0.5, 0.6) is 0 Å². The van der Waals surface area contributed by atoms with Crippen molar-refractivity contribution in [3.05, 3.63) is 57.7 Å². The molecule has 0 saturated carbocycles. The molecular formula is C15H14FN3O4S. The molecule has 126 valence electrons. The molecule has 0 fully saturated rings. The average molecular weight is 351 g/mol. The Labute approximate surface area is 140 Å². The van der Waals surface area contributed by atoms with E-state index in [9.17, 15) is 18.8 Å². The molecule has 2 aromatic rings. The lowest BCUT2D eigenvalue weighted by Gasteiger charge is -2.04. The van der Waals surface area contributed by atoms with E-state index < -0.39 is 23.3 Å². The van der Waals surface area contributed by atoms with Crippen LogP contribution in [-0.2, 0) is 16.1 Å². The van der Waals surface area contributed by atoms with E-state index in [1.54, 1.807) is 6.92 Å². The normalized spacial score (nSPS) is 10.2. The van der Waals surface area contributed by atoms with Gasteiger partial charge in [0.05, 0.1) is 5.69 Å². The summed E-state index contributed by atoms with van der Waals surface area (Å²) in [5, 5.41) is 2.66. The van der Waals surface area contributed by atoms with Crippen molar-refractivity contribution < 1.29 is 18.7 Å². The van der Waals surface area contributed by atoms with Gasteiger partial charge in [0.1, 0.15) is 23.8 Å². The average Bonchev–Trinajstić information content (AvgIpc) is 2.89. The maximum absolute atomic E-state index is 13.1. The Hall–Kier alpha value is -2.81. The van der Waals surface area contributed by atoms with Crippen LogP contribution in [0.2, 0.25) is 0 Å². The molecule has 0 aliphatic carbocycles. The number of nitrogens with one attached hydrogen (secondary N) is 1. The predicted molar refractivity (Wildman–Crippen MR) is 86.6 cm³/mol. The first-order chi connectivity index (χ1) is 11.4. The number of hydrogen-bond acceptors (Lipinski definition) is 6. The zero-order valence-electron chi connectivity index (χ0n) is 12.7. The van der Waals surface area contributed by atoms with Crippen molar-refractivity contribution in [1.82, 2.24) is 9.55 Å². The van der Waals surface area contributed by atoms with E-state index in [-0.39, 0.29) is 23.2 Å². The van der Waals surface area contributed by atoms with E-state index in [2.05, 4.69) is 16.9 Å². The molecule has 24 heavy (non-hydrogen) atoms. The summed E-state index contributed by atoms with van der Waals surface area (Å²) >= 11 is 0.951. The summed E-state index contributed by atoms with van der Waals surface area (Å²) < 4.78 is 19.0. The molecule has 9 heteroatoms. The van der Waals surface area contributed by atoms with E-state index in [0.29, 0.717) is 5.69 Å². The summed E-state index contributed by atoms with van der Waals surface area (Å²) in [6.07, 6.45) is 2.38. The number of amides is 1. The fraction of sp³-hybridized carbons (Fsp3) is 0.200. The SMILES string of the molecule is C=CCOC(=O)c1sc(NC(=O)Cn2cc(F)ccc2=O)nc1C. The van der Waals surface area contributed by atoms with E-state index in [1.807, 2.05) is 0 Å². The molecule has 1 N–H and O–H groups in total. The molecule has 0 aliphatic heterocycles. The monoisotopic (exact) mass is 351 g/mol. The van der Waals surface area contributed by atoms with Crippen molar-refractivity contribution in [2.24, 2.45) is 0 Å². The van der Waals surface area contributed by atoms with Gasteiger partial charge in [-0.2, -0.15) is 0 Å². The topological polar surface area (TPSA) is 90.3 Å². The molecule has 0 bridgehead atoms. The van der Waals surface area contributed by atoms with Crippen molar-refractivity contribution >= 4 is 28.3 Å². The maximum atomic E-state index is 13.1. The second-order valence-corrected chi connectivity index (χ2v) is 5.68. The van der Waals surface area contributed by atoms with E-state index >= 15 is 0 Å². The predicted octanol–water partition coefficient (Wildman–Crippen LogP) is 1.73. The Balaban J connectivity index is 2.07. The summed E-state index contributed by atoms with van der Waals surface area (Å²) in [5.74, 6) is -1.76. The first-order valence-corrected chi connectivity index (χ1v) is 7.63.